The summed E-state index contributed by atoms with van der Waals surface area (Å²) in [4.78, 5) is 4.66. The molecule has 1 heterocycles. The van der Waals surface area contributed by atoms with Crippen molar-refractivity contribution in [1.29, 1.82) is 0 Å². The topological polar surface area (TPSA) is 24.9 Å². The summed E-state index contributed by atoms with van der Waals surface area (Å²) < 4.78 is 37.9. The van der Waals surface area contributed by atoms with Crippen LogP contribution in [0.15, 0.2) is 0 Å². The Morgan fingerprint density at radius 2 is 2.17 bits per heavy atom. The lowest BCUT2D eigenvalue weighted by molar-refractivity contribution is -0.137. The third-order valence-corrected chi connectivity index (χ3v) is 4.26. The summed E-state index contributed by atoms with van der Waals surface area (Å²) >= 11 is 0.816. The smallest absolute Gasteiger partial charge is 0.314 e. The second-order valence-electron chi connectivity index (χ2n) is 4.98. The van der Waals surface area contributed by atoms with Gasteiger partial charge >= 0.3 is 6.18 Å². The maximum Gasteiger partial charge on any atom is 0.443 e. The van der Waals surface area contributed by atoms with Gasteiger partial charge in [-0.2, -0.15) is 13.2 Å². The SMILES string of the molecule is CC(C)NCC1CCCc2sc(C(F)(F)F)nc21. The van der Waals surface area contributed by atoms with E-state index in [0.717, 1.165) is 35.5 Å². The number of fused-ring (bicyclic) bond motifs is 1. The van der Waals surface area contributed by atoms with Gasteiger partial charge in [0.2, 0.25) is 0 Å². The molecule has 2 rings (SSSR count). The van der Waals surface area contributed by atoms with Crippen LogP contribution in [0.1, 0.15) is 48.2 Å². The molecule has 1 atom stereocenters. The Hall–Kier alpha value is -0.620. The third kappa shape index (κ3) is 3.03. The van der Waals surface area contributed by atoms with Gasteiger partial charge < -0.3 is 5.32 Å². The summed E-state index contributed by atoms with van der Waals surface area (Å²) in [5, 5.41) is 2.60. The van der Waals surface area contributed by atoms with Crippen molar-refractivity contribution in [3.8, 4) is 0 Å². The van der Waals surface area contributed by atoms with Crippen molar-refractivity contribution in [2.75, 3.05) is 6.54 Å². The summed E-state index contributed by atoms with van der Waals surface area (Å²) in [7, 11) is 0. The molecular weight excluding hydrogens is 261 g/mol. The first-order valence-corrected chi connectivity index (χ1v) is 6.99. The van der Waals surface area contributed by atoms with Crippen molar-refractivity contribution < 1.29 is 13.2 Å². The van der Waals surface area contributed by atoms with E-state index < -0.39 is 11.2 Å². The van der Waals surface area contributed by atoms with Crippen LogP contribution in [0, 0.1) is 0 Å². The van der Waals surface area contributed by atoms with E-state index in [4.69, 9.17) is 0 Å². The fraction of sp³-hybridized carbons (Fsp3) is 0.750. The molecule has 0 radical (unpaired) electrons. The van der Waals surface area contributed by atoms with Gasteiger partial charge in [-0.05, 0) is 19.3 Å². The van der Waals surface area contributed by atoms with E-state index in [2.05, 4.69) is 10.3 Å². The Kier molecular flexibility index (Phi) is 3.96. The summed E-state index contributed by atoms with van der Waals surface area (Å²) in [5.74, 6) is 0.128. The van der Waals surface area contributed by atoms with Gasteiger partial charge in [0.25, 0.3) is 0 Å². The first-order chi connectivity index (χ1) is 8.38. The van der Waals surface area contributed by atoms with E-state index in [-0.39, 0.29) is 5.92 Å². The molecule has 0 saturated carbocycles. The van der Waals surface area contributed by atoms with Crippen molar-refractivity contribution >= 4 is 11.3 Å². The molecule has 1 aliphatic carbocycles. The third-order valence-electron chi connectivity index (χ3n) is 3.09. The Morgan fingerprint density at radius 1 is 1.44 bits per heavy atom. The van der Waals surface area contributed by atoms with Crippen molar-refractivity contribution in [1.82, 2.24) is 10.3 Å². The molecule has 0 aromatic carbocycles. The van der Waals surface area contributed by atoms with Gasteiger partial charge in [-0.15, -0.1) is 11.3 Å². The molecule has 2 nitrogen and oxygen atoms in total. The Balaban J connectivity index is 2.18. The number of thiazole rings is 1. The average Bonchev–Trinajstić information content (AvgIpc) is 2.69. The van der Waals surface area contributed by atoms with E-state index in [1.54, 1.807) is 0 Å². The lowest BCUT2D eigenvalue weighted by Gasteiger charge is -2.22. The minimum Gasteiger partial charge on any atom is -0.314 e. The van der Waals surface area contributed by atoms with Gasteiger partial charge in [0.1, 0.15) is 0 Å². The first kappa shape index (κ1) is 13.8. The Labute approximate surface area is 109 Å². The number of rotatable bonds is 3. The fourth-order valence-corrected chi connectivity index (χ4v) is 3.26. The number of nitrogens with zero attached hydrogens (tertiary/aromatic N) is 1. The molecule has 0 bridgehead atoms. The number of alkyl halides is 3. The number of hydrogen-bond donors (Lipinski definition) is 1. The highest BCUT2D eigenvalue weighted by Gasteiger charge is 2.37. The summed E-state index contributed by atoms with van der Waals surface area (Å²) in [5.41, 5.74) is 0.673. The lowest BCUT2D eigenvalue weighted by Crippen LogP contribution is -2.29. The van der Waals surface area contributed by atoms with Gasteiger partial charge in [-0.25, -0.2) is 4.98 Å². The van der Waals surface area contributed by atoms with Gasteiger partial charge in [0.05, 0.1) is 5.69 Å². The molecule has 1 aliphatic rings. The van der Waals surface area contributed by atoms with Crippen molar-refractivity contribution in [3.05, 3.63) is 15.6 Å². The summed E-state index contributed by atoms with van der Waals surface area (Å²) in [6.45, 7) is 4.78. The molecule has 0 aliphatic heterocycles. The second kappa shape index (κ2) is 5.17. The van der Waals surface area contributed by atoms with Crippen LogP contribution in [0.25, 0.3) is 0 Å². The highest BCUT2D eigenvalue weighted by Crippen LogP contribution is 2.40. The van der Waals surface area contributed by atoms with Crippen LogP contribution < -0.4 is 5.32 Å². The van der Waals surface area contributed by atoms with Gasteiger partial charge in [0, 0.05) is 23.4 Å². The highest BCUT2D eigenvalue weighted by atomic mass is 32.1. The molecule has 0 saturated heterocycles. The number of hydrogen-bond acceptors (Lipinski definition) is 3. The van der Waals surface area contributed by atoms with Crippen molar-refractivity contribution in [3.63, 3.8) is 0 Å². The molecule has 1 unspecified atom stereocenters. The molecular formula is C12H17F3N2S. The largest absolute Gasteiger partial charge is 0.443 e. The quantitative estimate of drug-likeness (QED) is 0.914. The van der Waals surface area contributed by atoms with Gasteiger partial charge in [0.15, 0.2) is 5.01 Å². The Bertz CT molecular complexity index is 412. The van der Waals surface area contributed by atoms with Crippen molar-refractivity contribution in [2.45, 2.75) is 51.2 Å². The highest BCUT2D eigenvalue weighted by molar-refractivity contribution is 7.11. The standard InChI is InChI=1S/C12H17F3N2S/c1-7(2)16-6-8-4-3-5-9-10(8)17-11(18-9)12(13,14)15/h7-8,16H,3-6H2,1-2H3. The van der Waals surface area contributed by atoms with E-state index in [9.17, 15) is 13.2 Å². The van der Waals surface area contributed by atoms with E-state index in [1.165, 1.54) is 0 Å². The monoisotopic (exact) mass is 278 g/mol. The van der Waals surface area contributed by atoms with E-state index >= 15 is 0 Å². The van der Waals surface area contributed by atoms with Crippen LogP contribution in [0.3, 0.4) is 0 Å². The number of halogens is 3. The van der Waals surface area contributed by atoms with Gasteiger partial charge in [-0.1, -0.05) is 13.8 Å². The molecule has 6 heteroatoms. The van der Waals surface area contributed by atoms with Crippen LogP contribution >= 0.6 is 11.3 Å². The molecule has 0 spiro atoms. The van der Waals surface area contributed by atoms with Crippen LogP contribution in [0.4, 0.5) is 13.2 Å². The molecule has 102 valence electrons. The van der Waals surface area contributed by atoms with Gasteiger partial charge in [-0.3, -0.25) is 0 Å². The molecule has 1 aromatic heterocycles. The second-order valence-corrected chi connectivity index (χ2v) is 6.06. The number of nitrogens with one attached hydrogen (secondary N) is 1. The maximum atomic E-state index is 12.6. The molecule has 1 N–H and O–H groups in total. The Morgan fingerprint density at radius 3 is 2.78 bits per heavy atom. The molecule has 18 heavy (non-hydrogen) atoms. The molecule has 0 fully saturated rings. The zero-order chi connectivity index (χ0) is 13.3. The van der Waals surface area contributed by atoms with E-state index in [1.807, 2.05) is 13.8 Å². The first-order valence-electron chi connectivity index (χ1n) is 6.18. The minimum atomic E-state index is -4.31. The zero-order valence-electron chi connectivity index (χ0n) is 10.5. The van der Waals surface area contributed by atoms with Crippen LogP contribution in [0.2, 0.25) is 0 Å². The van der Waals surface area contributed by atoms with Crippen molar-refractivity contribution in [2.24, 2.45) is 0 Å². The minimum absolute atomic E-state index is 0.128. The molecule has 0 amide bonds. The fourth-order valence-electron chi connectivity index (χ4n) is 2.21. The van der Waals surface area contributed by atoms with Crippen LogP contribution in [-0.4, -0.2) is 17.6 Å². The maximum absolute atomic E-state index is 12.6. The molecule has 1 aromatic rings. The van der Waals surface area contributed by atoms with Crippen LogP contribution in [-0.2, 0) is 12.6 Å². The normalized spacial score (nSPS) is 20.2. The van der Waals surface area contributed by atoms with Crippen LogP contribution in [0.5, 0.6) is 0 Å². The predicted octanol–water partition coefficient (Wildman–Crippen LogP) is 3.58. The van der Waals surface area contributed by atoms with E-state index in [0.29, 0.717) is 18.3 Å². The number of aromatic nitrogens is 1. The summed E-state index contributed by atoms with van der Waals surface area (Å²) in [6, 6.07) is 0.344. The summed E-state index contributed by atoms with van der Waals surface area (Å²) in [6.07, 6.45) is -1.69. The predicted molar refractivity (Wildman–Crippen MR) is 65.9 cm³/mol. The average molecular weight is 278 g/mol. The lowest BCUT2D eigenvalue weighted by atomic mass is 9.91. The number of aryl methyl sites for hydroxylation is 1. The zero-order valence-corrected chi connectivity index (χ0v) is 11.3.